The Morgan fingerprint density at radius 3 is 2.26 bits per heavy atom. The summed E-state index contributed by atoms with van der Waals surface area (Å²) in [6.45, 7) is 12.0. The Bertz CT molecular complexity index is 306. The predicted octanol–water partition coefficient (Wildman–Crippen LogP) is -0.178. The molecule has 0 aliphatic carbocycles. The number of piperazine rings is 1. The molecule has 1 aliphatic rings. The van der Waals surface area contributed by atoms with Crippen molar-refractivity contribution in [1.29, 1.82) is 0 Å². The molecule has 1 rings (SSSR count). The summed E-state index contributed by atoms with van der Waals surface area (Å²) >= 11 is -2.12. The topological polar surface area (TPSA) is 105 Å². The molecular weight excluding hydrogens is 322 g/mol. The van der Waals surface area contributed by atoms with Gasteiger partial charge in [-0.25, -0.2) is 4.31 Å². The van der Waals surface area contributed by atoms with Gasteiger partial charge in [0.15, 0.2) is 0 Å². The van der Waals surface area contributed by atoms with Crippen molar-refractivity contribution in [3.8, 4) is 0 Å². The largest absolute Gasteiger partial charge is 0.760 e. The highest BCUT2D eigenvalue weighted by molar-refractivity contribution is 7.76. The normalized spacial score (nSPS) is 16.4. The van der Waals surface area contributed by atoms with Gasteiger partial charge in [0.2, 0.25) is 5.91 Å². The summed E-state index contributed by atoms with van der Waals surface area (Å²) in [5.41, 5.74) is 0. The molecule has 0 bridgehead atoms. The third kappa shape index (κ3) is 13.5. The summed E-state index contributed by atoms with van der Waals surface area (Å²) in [7, 11) is 0. The third-order valence-electron chi connectivity index (χ3n) is 2.81. The van der Waals surface area contributed by atoms with E-state index >= 15 is 0 Å². The highest BCUT2D eigenvalue weighted by Crippen LogP contribution is 2.02. The number of hydrogen-bond donors (Lipinski definition) is 2. The quantitative estimate of drug-likeness (QED) is 0.462. The predicted molar refractivity (Wildman–Crippen MR) is 92.7 cm³/mol. The van der Waals surface area contributed by atoms with Gasteiger partial charge in [-0.2, -0.15) is 0 Å². The average molecular weight is 357 g/mol. The highest BCUT2D eigenvalue weighted by atomic mass is 32.2. The lowest BCUT2D eigenvalue weighted by molar-refractivity contribution is -0.124. The highest BCUT2D eigenvalue weighted by Gasteiger charge is 2.16. The van der Waals surface area contributed by atoms with Crippen LogP contribution in [0.2, 0.25) is 0 Å². The van der Waals surface area contributed by atoms with Crippen LogP contribution in [0.25, 0.3) is 0 Å². The summed E-state index contributed by atoms with van der Waals surface area (Å²) in [4.78, 5) is 12.8. The van der Waals surface area contributed by atoms with E-state index in [2.05, 4.69) is 10.2 Å². The van der Waals surface area contributed by atoms with E-state index in [1.54, 1.807) is 0 Å². The second-order valence-corrected chi connectivity index (χ2v) is 5.06. The monoisotopic (exact) mass is 356 g/mol. The van der Waals surface area contributed by atoms with Crippen molar-refractivity contribution in [1.82, 2.24) is 14.5 Å². The molecule has 142 valence electrons. The van der Waals surface area contributed by atoms with Gasteiger partial charge < -0.3 is 19.7 Å². The van der Waals surface area contributed by atoms with E-state index in [0.29, 0.717) is 45.9 Å². The van der Waals surface area contributed by atoms with Gasteiger partial charge >= 0.3 is 0 Å². The minimum atomic E-state index is -2.12. The van der Waals surface area contributed by atoms with Gasteiger partial charge in [-0.15, -0.1) is 0 Å². The first-order valence-corrected chi connectivity index (χ1v) is 9.18. The van der Waals surface area contributed by atoms with Gasteiger partial charge in [-0.05, 0) is 0 Å². The van der Waals surface area contributed by atoms with Gasteiger partial charge in [0.25, 0.3) is 0 Å². The first-order chi connectivity index (χ1) is 11.1. The summed E-state index contributed by atoms with van der Waals surface area (Å²) in [5.74, 6) is -0.412. The fourth-order valence-corrected chi connectivity index (χ4v) is 2.18. The van der Waals surface area contributed by atoms with E-state index in [4.69, 9.17) is 9.84 Å². The first kappa shape index (κ1) is 24.7. The van der Waals surface area contributed by atoms with Crippen molar-refractivity contribution in [2.75, 3.05) is 59.1 Å². The Morgan fingerprint density at radius 1 is 1.22 bits per heavy atom. The molecule has 2 N–H and O–H groups in total. The van der Waals surface area contributed by atoms with E-state index in [-0.39, 0.29) is 1.43 Å². The van der Waals surface area contributed by atoms with Crippen LogP contribution in [0.5, 0.6) is 0 Å². The second kappa shape index (κ2) is 17.8. The van der Waals surface area contributed by atoms with Crippen LogP contribution in [0.1, 0.15) is 29.1 Å². The van der Waals surface area contributed by atoms with Gasteiger partial charge in [-0.3, -0.25) is 13.9 Å². The van der Waals surface area contributed by atoms with Gasteiger partial charge in [-0.1, -0.05) is 27.7 Å². The molecule has 1 fully saturated rings. The van der Waals surface area contributed by atoms with Crippen LogP contribution < -0.4 is 5.32 Å². The summed E-state index contributed by atoms with van der Waals surface area (Å²) in [6.07, 6.45) is 0. The zero-order valence-electron chi connectivity index (χ0n) is 14.7. The third-order valence-corrected chi connectivity index (χ3v) is 3.59. The number of carbonyl (C=O) groups is 1. The molecular formula is C14H34N3O5S-. The number of nitrogens with zero attached hydrogens (tertiary/aromatic N) is 2. The standard InChI is InChI=1S/C10H21N3O5S.2C2H6.H2/c14-9-10(15)11-1-7-18-8-6-12-2-4-13(5-3-12)19(16)17;2*1-2;/h14H,1-9H2,(H,11,15)(H,16,17);2*1-2H3;1H/p-1. The van der Waals surface area contributed by atoms with Crippen molar-refractivity contribution in [3.63, 3.8) is 0 Å². The SMILES string of the molecule is CC.CC.O=C(CO)NCCOCCN1CCN(S(=O)[O-])CC1.[HH]. The van der Waals surface area contributed by atoms with E-state index in [1.807, 2.05) is 27.7 Å². The Kier molecular flexibility index (Phi) is 19.1. The number of hydrogen-bond acceptors (Lipinski definition) is 6. The number of nitrogens with one attached hydrogen (secondary N) is 1. The Morgan fingerprint density at radius 2 is 1.78 bits per heavy atom. The fraction of sp³-hybridized carbons (Fsp3) is 0.929. The maximum absolute atomic E-state index is 10.7. The zero-order chi connectivity index (χ0) is 18.1. The number of ether oxygens (including phenoxy) is 1. The van der Waals surface area contributed by atoms with E-state index in [1.165, 1.54) is 4.31 Å². The van der Waals surface area contributed by atoms with Crippen LogP contribution >= 0.6 is 0 Å². The molecule has 1 atom stereocenters. The minimum absolute atomic E-state index is 0. The van der Waals surface area contributed by atoms with Crippen LogP contribution in [0.4, 0.5) is 0 Å². The molecule has 1 unspecified atom stereocenters. The van der Waals surface area contributed by atoms with Crippen molar-refractivity contribution < 1.29 is 24.8 Å². The maximum atomic E-state index is 10.7. The molecule has 23 heavy (non-hydrogen) atoms. The van der Waals surface area contributed by atoms with Crippen molar-refractivity contribution in [2.24, 2.45) is 0 Å². The average Bonchev–Trinajstić information content (AvgIpc) is 2.61. The number of amides is 1. The first-order valence-electron chi connectivity index (χ1n) is 8.15. The molecule has 8 nitrogen and oxygen atoms in total. The van der Waals surface area contributed by atoms with E-state index in [9.17, 15) is 13.6 Å². The molecule has 0 aromatic carbocycles. The fourth-order valence-electron chi connectivity index (χ4n) is 1.72. The lowest BCUT2D eigenvalue weighted by atomic mass is 10.3. The molecule has 0 aromatic heterocycles. The molecule has 1 heterocycles. The van der Waals surface area contributed by atoms with Crippen molar-refractivity contribution in [2.45, 2.75) is 27.7 Å². The van der Waals surface area contributed by atoms with Gasteiger partial charge in [0, 0.05) is 52.0 Å². The van der Waals surface area contributed by atoms with Crippen molar-refractivity contribution >= 4 is 17.2 Å². The molecule has 0 spiro atoms. The van der Waals surface area contributed by atoms with E-state index < -0.39 is 23.8 Å². The number of aliphatic hydroxyl groups excluding tert-OH is 1. The maximum Gasteiger partial charge on any atom is 0.245 e. The van der Waals surface area contributed by atoms with E-state index in [0.717, 1.165) is 6.54 Å². The Hall–Kier alpha value is -0.580. The summed E-state index contributed by atoms with van der Waals surface area (Å²) in [6, 6.07) is 0. The molecule has 0 radical (unpaired) electrons. The van der Waals surface area contributed by atoms with Crippen LogP contribution in [0.15, 0.2) is 0 Å². The summed E-state index contributed by atoms with van der Waals surface area (Å²) < 4.78 is 28.1. The molecule has 1 aliphatic heterocycles. The number of aliphatic hydroxyl groups is 1. The summed E-state index contributed by atoms with van der Waals surface area (Å²) in [5, 5.41) is 10.9. The molecule has 0 aromatic rings. The van der Waals surface area contributed by atoms with Crippen molar-refractivity contribution in [3.05, 3.63) is 0 Å². The molecule has 1 saturated heterocycles. The molecule has 9 heteroatoms. The molecule has 0 saturated carbocycles. The molecule has 1 amide bonds. The lowest BCUT2D eigenvalue weighted by Gasteiger charge is -2.35. The van der Waals surface area contributed by atoms with Crippen LogP contribution in [-0.2, 0) is 20.8 Å². The van der Waals surface area contributed by atoms with Crippen LogP contribution in [0, 0.1) is 0 Å². The van der Waals surface area contributed by atoms with Gasteiger partial charge in [0.05, 0.1) is 13.2 Å². The second-order valence-electron chi connectivity index (χ2n) is 4.11. The number of rotatable bonds is 8. The van der Waals surface area contributed by atoms with Gasteiger partial charge in [0.1, 0.15) is 6.61 Å². The smallest absolute Gasteiger partial charge is 0.245 e. The van der Waals surface area contributed by atoms with Crippen LogP contribution in [-0.4, -0.2) is 88.1 Å². The van der Waals surface area contributed by atoms with Crippen LogP contribution in [0.3, 0.4) is 0 Å². The minimum Gasteiger partial charge on any atom is -0.760 e. The Balaban J connectivity index is -0.000000817. The Labute approximate surface area is 144 Å². The zero-order valence-corrected chi connectivity index (χ0v) is 15.6. The number of carbonyl (C=O) groups excluding carboxylic acids is 1. The lowest BCUT2D eigenvalue weighted by Crippen LogP contribution is -2.47.